The van der Waals surface area contributed by atoms with Gasteiger partial charge in [0.05, 0.1) is 6.54 Å². The Hall–Kier alpha value is -1.34. The monoisotopic (exact) mass is 245 g/mol. The van der Waals surface area contributed by atoms with Crippen LogP contribution in [0.3, 0.4) is 0 Å². The van der Waals surface area contributed by atoms with E-state index >= 15 is 0 Å². The number of carbonyl (C=O) groups is 2. The van der Waals surface area contributed by atoms with Gasteiger partial charge in [0.2, 0.25) is 5.91 Å². The van der Waals surface area contributed by atoms with Gasteiger partial charge in [0.15, 0.2) is 0 Å². The van der Waals surface area contributed by atoms with Crippen molar-refractivity contribution in [2.75, 3.05) is 32.9 Å². The predicted molar refractivity (Wildman–Crippen MR) is 60.4 cm³/mol. The molecule has 0 aromatic carbocycles. The van der Waals surface area contributed by atoms with E-state index in [1.165, 1.54) is 0 Å². The molecule has 2 amide bonds. The maximum Gasteiger partial charge on any atom is 0.404 e. The number of ether oxygens (including phenoxy) is 2. The van der Waals surface area contributed by atoms with Gasteiger partial charge in [-0.1, -0.05) is 0 Å². The molecule has 0 atom stereocenters. The fraction of sp³-hybridized carbons (Fsp3) is 0.800. The molecule has 0 aromatic heterocycles. The third-order valence-electron chi connectivity index (χ3n) is 2.40. The van der Waals surface area contributed by atoms with E-state index in [4.69, 9.17) is 10.5 Å². The second-order valence-electron chi connectivity index (χ2n) is 3.80. The number of hydrogen-bond donors (Lipinski definition) is 3. The summed E-state index contributed by atoms with van der Waals surface area (Å²) in [7, 11) is 0. The van der Waals surface area contributed by atoms with E-state index in [9.17, 15) is 9.59 Å². The molecular weight excluding hydrogens is 226 g/mol. The molecule has 1 heterocycles. The van der Waals surface area contributed by atoms with Gasteiger partial charge in [-0.15, -0.1) is 0 Å². The molecular formula is C10H19N3O4. The van der Waals surface area contributed by atoms with Crippen molar-refractivity contribution in [2.24, 2.45) is 5.73 Å². The smallest absolute Gasteiger partial charge is 0.404 e. The minimum Gasteiger partial charge on any atom is -0.448 e. The van der Waals surface area contributed by atoms with Crippen LogP contribution in [-0.2, 0) is 14.3 Å². The number of hydrogen-bond acceptors (Lipinski definition) is 5. The summed E-state index contributed by atoms with van der Waals surface area (Å²) in [6.45, 7) is 2.18. The molecule has 1 rings (SSSR count). The van der Waals surface area contributed by atoms with Crippen LogP contribution in [0.5, 0.6) is 0 Å². The van der Waals surface area contributed by atoms with E-state index in [-0.39, 0.29) is 25.1 Å². The largest absolute Gasteiger partial charge is 0.448 e. The van der Waals surface area contributed by atoms with Gasteiger partial charge < -0.3 is 25.8 Å². The van der Waals surface area contributed by atoms with Crippen molar-refractivity contribution in [3.05, 3.63) is 0 Å². The van der Waals surface area contributed by atoms with Gasteiger partial charge in [0, 0.05) is 25.8 Å². The van der Waals surface area contributed by atoms with Crippen LogP contribution in [0.1, 0.15) is 12.8 Å². The van der Waals surface area contributed by atoms with E-state index in [0.717, 1.165) is 12.8 Å². The molecule has 0 bridgehead atoms. The van der Waals surface area contributed by atoms with Crippen LogP contribution in [-0.4, -0.2) is 51.0 Å². The highest BCUT2D eigenvalue weighted by atomic mass is 16.5. The first kappa shape index (κ1) is 13.7. The molecule has 7 heteroatoms. The minimum absolute atomic E-state index is 0.0593. The standard InChI is InChI=1S/C10H19N3O4/c11-10(15)17-6-3-12-7-9(14)13-8-1-4-16-5-2-8/h8,12H,1-7H2,(H2,11,15)(H,13,14). The maximum absolute atomic E-state index is 11.5. The Bertz CT molecular complexity index is 254. The van der Waals surface area contributed by atoms with Gasteiger partial charge in [-0.25, -0.2) is 4.79 Å². The Morgan fingerprint density at radius 3 is 2.71 bits per heavy atom. The van der Waals surface area contributed by atoms with Crippen LogP contribution < -0.4 is 16.4 Å². The average Bonchev–Trinajstić information content (AvgIpc) is 2.29. The molecule has 1 saturated heterocycles. The number of carbonyl (C=O) groups excluding carboxylic acids is 2. The highest BCUT2D eigenvalue weighted by Crippen LogP contribution is 2.05. The van der Waals surface area contributed by atoms with Gasteiger partial charge in [-0.3, -0.25) is 4.79 Å². The summed E-state index contributed by atoms with van der Waals surface area (Å²) in [4.78, 5) is 21.7. The van der Waals surface area contributed by atoms with Crippen LogP contribution >= 0.6 is 0 Å². The van der Waals surface area contributed by atoms with Gasteiger partial charge in [-0.05, 0) is 12.8 Å². The van der Waals surface area contributed by atoms with E-state index < -0.39 is 6.09 Å². The van der Waals surface area contributed by atoms with Crippen molar-refractivity contribution in [2.45, 2.75) is 18.9 Å². The summed E-state index contributed by atoms with van der Waals surface area (Å²) in [5.41, 5.74) is 4.78. The molecule has 98 valence electrons. The quantitative estimate of drug-likeness (QED) is 0.519. The summed E-state index contributed by atoms with van der Waals surface area (Å²) >= 11 is 0. The van der Waals surface area contributed by atoms with Gasteiger partial charge in [0.25, 0.3) is 0 Å². The lowest BCUT2D eigenvalue weighted by Gasteiger charge is -2.23. The van der Waals surface area contributed by atoms with Crippen LogP contribution in [0.25, 0.3) is 0 Å². The van der Waals surface area contributed by atoms with Crippen molar-refractivity contribution in [1.29, 1.82) is 0 Å². The molecule has 17 heavy (non-hydrogen) atoms. The molecule has 1 aliphatic rings. The van der Waals surface area contributed by atoms with Crippen molar-refractivity contribution in [3.8, 4) is 0 Å². The zero-order valence-corrected chi connectivity index (χ0v) is 9.74. The lowest BCUT2D eigenvalue weighted by molar-refractivity contribution is -0.121. The zero-order valence-electron chi connectivity index (χ0n) is 9.74. The summed E-state index contributed by atoms with van der Waals surface area (Å²) in [5.74, 6) is -0.0593. The molecule has 0 saturated carbocycles. The summed E-state index contributed by atoms with van der Waals surface area (Å²) in [5, 5.41) is 5.76. The Balaban J connectivity index is 1.98. The zero-order chi connectivity index (χ0) is 12.5. The molecule has 4 N–H and O–H groups in total. The van der Waals surface area contributed by atoms with Crippen LogP contribution in [0.15, 0.2) is 0 Å². The molecule has 1 fully saturated rings. The average molecular weight is 245 g/mol. The van der Waals surface area contributed by atoms with E-state index in [1.54, 1.807) is 0 Å². The first-order valence-electron chi connectivity index (χ1n) is 5.68. The number of amides is 2. The van der Waals surface area contributed by atoms with Crippen molar-refractivity contribution < 1.29 is 19.1 Å². The van der Waals surface area contributed by atoms with Gasteiger partial charge in [-0.2, -0.15) is 0 Å². The fourth-order valence-corrected chi connectivity index (χ4v) is 1.55. The second-order valence-corrected chi connectivity index (χ2v) is 3.80. The predicted octanol–water partition coefficient (Wildman–Crippen LogP) is -1.03. The van der Waals surface area contributed by atoms with E-state index in [0.29, 0.717) is 19.8 Å². The van der Waals surface area contributed by atoms with Crippen LogP contribution in [0.4, 0.5) is 4.79 Å². The van der Waals surface area contributed by atoms with Crippen molar-refractivity contribution >= 4 is 12.0 Å². The first-order chi connectivity index (χ1) is 8.18. The fourth-order valence-electron chi connectivity index (χ4n) is 1.55. The number of primary amides is 1. The normalized spacial score (nSPS) is 16.5. The van der Waals surface area contributed by atoms with Crippen LogP contribution in [0, 0.1) is 0 Å². The number of rotatable bonds is 6. The SMILES string of the molecule is NC(=O)OCCNCC(=O)NC1CCOCC1. The highest BCUT2D eigenvalue weighted by Gasteiger charge is 2.15. The molecule has 0 aliphatic carbocycles. The van der Waals surface area contributed by atoms with Crippen molar-refractivity contribution in [1.82, 2.24) is 10.6 Å². The van der Waals surface area contributed by atoms with Crippen molar-refractivity contribution in [3.63, 3.8) is 0 Å². The third kappa shape index (κ3) is 6.75. The Labute approximate surface area is 100 Å². The Morgan fingerprint density at radius 2 is 2.06 bits per heavy atom. The lowest BCUT2D eigenvalue weighted by atomic mass is 10.1. The third-order valence-corrected chi connectivity index (χ3v) is 2.40. The van der Waals surface area contributed by atoms with Crippen LogP contribution in [0.2, 0.25) is 0 Å². The molecule has 1 aliphatic heterocycles. The number of nitrogens with two attached hydrogens (primary N) is 1. The topological polar surface area (TPSA) is 103 Å². The van der Waals surface area contributed by atoms with Gasteiger partial charge >= 0.3 is 6.09 Å². The van der Waals surface area contributed by atoms with Gasteiger partial charge in [0.1, 0.15) is 6.61 Å². The maximum atomic E-state index is 11.5. The summed E-state index contributed by atoms with van der Waals surface area (Å²) in [6.07, 6.45) is 0.908. The molecule has 0 spiro atoms. The minimum atomic E-state index is -0.807. The van der Waals surface area contributed by atoms with E-state index in [2.05, 4.69) is 15.4 Å². The molecule has 0 unspecified atom stereocenters. The molecule has 0 radical (unpaired) electrons. The summed E-state index contributed by atoms with van der Waals surface area (Å²) < 4.78 is 9.69. The first-order valence-corrected chi connectivity index (χ1v) is 5.68. The Morgan fingerprint density at radius 1 is 1.35 bits per heavy atom. The molecule has 0 aromatic rings. The second kappa shape index (κ2) is 7.86. The lowest BCUT2D eigenvalue weighted by Crippen LogP contribution is -2.43. The molecule has 7 nitrogen and oxygen atoms in total. The highest BCUT2D eigenvalue weighted by molar-refractivity contribution is 5.78. The number of nitrogens with one attached hydrogen (secondary N) is 2. The Kier molecular flexibility index (Phi) is 6.34. The van der Waals surface area contributed by atoms with E-state index in [1.807, 2.05) is 0 Å². The summed E-state index contributed by atoms with van der Waals surface area (Å²) in [6, 6.07) is 0.208.